The van der Waals surface area contributed by atoms with Crippen LogP contribution in [0.15, 0.2) is 28.7 Å². The SMILES string of the molecule is CNCc1oc2ccccc2c1CN1CCCC(OC)C1. The fourth-order valence-electron chi connectivity index (χ4n) is 3.20. The molecule has 2 heterocycles. The molecule has 3 rings (SSSR count). The molecule has 0 spiro atoms. The molecule has 1 fully saturated rings. The highest BCUT2D eigenvalue weighted by atomic mass is 16.5. The second-order valence-electron chi connectivity index (χ2n) is 5.77. The molecule has 0 saturated carbocycles. The first-order valence-electron chi connectivity index (χ1n) is 7.71. The quantitative estimate of drug-likeness (QED) is 0.918. The zero-order valence-corrected chi connectivity index (χ0v) is 12.9. The van der Waals surface area contributed by atoms with Crippen LogP contribution in [-0.2, 0) is 17.8 Å². The second-order valence-corrected chi connectivity index (χ2v) is 5.77. The van der Waals surface area contributed by atoms with Crippen LogP contribution >= 0.6 is 0 Å². The van der Waals surface area contributed by atoms with E-state index >= 15 is 0 Å². The Bertz CT molecular complexity index is 593. The minimum atomic E-state index is 0.365. The van der Waals surface area contributed by atoms with Gasteiger partial charge in [0.15, 0.2) is 0 Å². The van der Waals surface area contributed by atoms with Crippen LogP contribution in [0.1, 0.15) is 24.2 Å². The molecule has 114 valence electrons. The number of methoxy groups -OCH3 is 1. The third kappa shape index (κ3) is 3.12. The third-order valence-electron chi connectivity index (χ3n) is 4.30. The van der Waals surface area contributed by atoms with E-state index < -0.39 is 0 Å². The van der Waals surface area contributed by atoms with Gasteiger partial charge in [-0.3, -0.25) is 4.90 Å². The van der Waals surface area contributed by atoms with E-state index in [2.05, 4.69) is 22.3 Å². The molecule has 4 heteroatoms. The number of fused-ring (bicyclic) bond motifs is 1. The van der Waals surface area contributed by atoms with Crippen LogP contribution in [0.2, 0.25) is 0 Å². The maximum Gasteiger partial charge on any atom is 0.134 e. The fourth-order valence-corrected chi connectivity index (χ4v) is 3.20. The van der Waals surface area contributed by atoms with Gasteiger partial charge in [-0.25, -0.2) is 0 Å². The number of furan rings is 1. The first-order chi connectivity index (χ1) is 10.3. The van der Waals surface area contributed by atoms with Crippen molar-refractivity contribution in [3.8, 4) is 0 Å². The zero-order valence-electron chi connectivity index (χ0n) is 12.9. The molecule has 0 aliphatic carbocycles. The molecule has 4 nitrogen and oxygen atoms in total. The minimum Gasteiger partial charge on any atom is -0.459 e. The first-order valence-corrected chi connectivity index (χ1v) is 7.71. The van der Waals surface area contributed by atoms with Crippen LogP contribution < -0.4 is 5.32 Å². The van der Waals surface area contributed by atoms with Crippen LogP contribution in [-0.4, -0.2) is 38.3 Å². The number of hydrogen-bond acceptors (Lipinski definition) is 4. The minimum absolute atomic E-state index is 0.365. The number of likely N-dealkylation sites (tertiary alicyclic amines) is 1. The Kier molecular flexibility index (Phi) is 4.58. The Balaban J connectivity index is 1.86. The van der Waals surface area contributed by atoms with Gasteiger partial charge in [0.25, 0.3) is 0 Å². The average Bonchev–Trinajstić information content (AvgIpc) is 2.86. The van der Waals surface area contributed by atoms with Gasteiger partial charge >= 0.3 is 0 Å². The van der Waals surface area contributed by atoms with Crippen LogP contribution in [0.25, 0.3) is 11.0 Å². The highest BCUT2D eigenvalue weighted by Gasteiger charge is 2.22. The average molecular weight is 288 g/mol. The smallest absolute Gasteiger partial charge is 0.134 e. The van der Waals surface area contributed by atoms with Gasteiger partial charge in [0.05, 0.1) is 12.6 Å². The lowest BCUT2D eigenvalue weighted by atomic mass is 10.1. The number of para-hydroxylation sites is 1. The maximum atomic E-state index is 6.01. The molecule has 0 bridgehead atoms. The van der Waals surface area contributed by atoms with E-state index in [0.29, 0.717) is 6.10 Å². The summed E-state index contributed by atoms with van der Waals surface area (Å²) in [7, 11) is 3.77. The van der Waals surface area contributed by atoms with E-state index in [4.69, 9.17) is 9.15 Å². The predicted molar refractivity (Wildman–Crippen MR) is 84.3 cm³/mol. The highest BCUT2D eigenvalue weighted by molar-refractivity contribution is 5.82. The lowest BCUT2D eigenvalue weighted by Crippen LogP contribution is -2.38. The van der Waals surface area contributed by atoms with Crippen molar-refractivity contribution in [2.75, 3.05) is 27.2 Å². The summed E-state index contributed by atoms with van der Waals surface area (Å²) >= 11 is 0. The Morgan fingerprint density at radius 2 is 2.24 bits per heavy atom. The zero-order chi connectivity index (χ0) is 14.7. The molecule has 1 aromatic carbocycles. The van der Waals surface area contributed by atoms with Gasteiger partial charge in [-0.05, 0) is 32.5 Å². The van der Waals surface area contributed by atoms with E-state index in [0.717, 1.165) is 37.5 Å². The monoisotopic (exact) mass is 288 g/mol. The first kappa shape index (κ1) is 14.6. The number of ether oxygens (including phenoxy) is 1. The largest absolute Gasteiger partial charge is 0.459 e. The van der Waals surface area contributed by atoms with Crippen molar-refractivity contribution in [1.82, 2.24) is 10.2 Å². The van der Waals surface area contributed by atoms with Gasteiger partial charge in [0.2, 0.25) is 0 Å². The fraction of sp³-hybridized carbons (Fsp3) is 0.529. The molecular formula is C17H24N2O2. The molecule has 1 N–H and O–H groups in total. The number of piperidine rings is 1. The van der Waals surface area contributed by atoms with Crippen LogP contribution in [0.3, 0.4) is 0 Å². The Labute approximate surface area is 126 Å². The van der Waals surface area contributed by atoms with E-state index in [1.807, 2.05) is 26.3 Å². The van der Waals surface area contributed by atoms with Gasteiger partial charge < -0.3 is 14.5 Å². The van der Waals surface area contributed by atoms with Crippen molar-refractivity contribution >= 4 is 11.0 Å². The normalized spacial score (nSPS) is 20.2. The lowest BCUT2D eigenvalue weighted by Gasteiger charge is -2.31. The van der Waals surface area contributed by atoms with Gasteiger partial charge in [-0.15, -0.1) is 0 Å². The predicted octanol–water partition coefficient (Wildman–Crippen LogP) is 2.76. The summed E-state index contributed by atoms with van der Waals surface area (Å²) in [6.07, 6.45) is 2.74. The van der Waals surface area contributed by atoms with E-state index in [1.54, 1.807) is 0 Å². The number of hydrogen-bond donors (Lipinski definition) is 1. The van der Waals surface area contributed by atoms with Crippen LogP contribution in [0.4, 0.5) is 0 Å². The summed E-state index contributed by atoms with van der Waals surface area (Å²) in [6, 6.07) is 8.32. The number of nitrogens with zero attached hydrogens (tertiary/aromatic N) is 1. The van der Waals surface area contributed by atoms with Crippen LogP contribution in [0, 0.1) is 0 Å². The molecule has 1 atom stereocenters. The molecule has 1 aliphatic heterocycles. The Hall–Kier alpha value is -1.36. The van der Waals surface area contributed by atoms with Crippen LogP contribution in [0.5, 0.6) is 0 Å². The Morgan fingerprint density at radius 3 is 3.05 bits per heavy atom. The van der Waals surface area contributed by atoms with Crippen molar-refractivity contribution in [3.05, 3.63) is 35.6 Å². The van der Waals surface area contributed by atoms with Gasteiger partial charge in [-0.1, -0.05) is 18.2 Å². The third-order valence-corrected chi connectivity index (χ3v) is 4.30. The van der Waals surface area contributed by atoms with Crippen molar-refractivity contribution in [1.29, 1.82) is 0 Å². The van der Waals surface area contributed by atoms with E-state index in [1.165, 1.54) is 23.8 Å². The number of nitrogens with one attached hydrogen (secondary N) is 1. The molecule has 21 heavy (non-hydrogen) atoms. The molecule has 1 unspecified atom stereocenters. The van der Waals surface area contributed by atoms with E-state index in [-0.39, 0.29) is 0 Å². The highest BCUT2D eigenvalue weighted by Crippen LogP contribution is 2.28. The number of rotatable bonds is 5. The lowest BCUT2D eigenvalue weighted by molar-refractivity contribution is 0.0285. The standard InChI is InChI=1S/C17H24N2O2/c1-18-10-17-15(14-7-3-4-8-16(14)21-17)12-19-9-5-6-13(11-19)20-2/h3-4,7-8,13,18H,5-6,9-12H2,1-2H3. The van der Waals surface area contributed by atoms with Gasteiger partial charge in [0, 0.05) is 31.1 Å². The molecule has 1 aromatic heterocycles. The van der Waals surface area contributed by atoms with Crippen molar-refractivity contribution in [2.45, 2.75) is 32.0 Å². The molecule has 2 aromatic rings. The summed E-state index contributed by atoms with van der Waals surface area (Å²) in [5.74, 6) is 1.05. The molecule has 0 radical (unpaired) electrons. The summed E-state index contributed by atoms with van der Waals surface area (Å²) in [6.45, 7) is 3.85. The van der Waals surface area contributed by atoms with Crippen molar-refractivity contribution in [3.63, 3.8) is 0 Å². The maximum absolute atomic E-state index is 6.01. The molecular weight excluding hydrogens is 264 g/mol. The van der Waals surface area contributed by atoms with Gasteiger partial charge in [0.1, 0.15) is 11.3 Å². The summed E-state index contributed by atoms with van der Waals surface area (Å²) in [4.78, 5) is 2.48. The molecule has 0 amide bonds. The second kappa shape index (κ2) is 6.60. The number of benzene rings is 1. The topological polar surface area (TPSA) is 37.6 Å². The Morgan fingerprint density at radius 1 is 1.38 bits per heavy atom. The summed E-state index contributed by atoms with van der Waals surface area (Å²) in [5, 5.41) is 4.44. The van der Waals surface area contributed by atoms with E-state index in [9.17, 15) is 0 Å². The van der Waals surface area contributed by atoms with Crippen molar-refractivity contribution in [2.24, 2.45) is 0 Å². The van der Waals surface area contributed by atoms with Crippen molar-refractivity contribution < 1.29 is 9.15 Å². The molecule has 1 saturated heterocycles. The molecule has 1 aliphatic rings. The summed E-state index contributed by atoms with van der Waals surface area (Å²) in [5.41, 5.74) is 2.30. The summed E-state index contributed by atoms with van der Waals surface area (Å²) < 4.78 is 11.5. The van der Waals surface area contributed by atoms with Gasteiger partial charge in [-0.2, -0.15) is 0 Å².